The lowest BCUT2D eigenvalue weighted by Gasteiger charge is -2.38. The standard InChI is InChI=1S/C23H25FN4O4S/c1-4-27-12-17(13(3)32-5-2)28-11-16(20(29)21(30)19(28)23(27)31)22-26-25-18(33-22)10-14-6-8-15(24)9-7-14/h6-9,11,13,17,30H,4-5,10,12H2,1-3H3/t13-,17-/m1/s1. The van der Waals surface area contributed by atoms with Crippen LogP contribution in [0.25, 0.3) is 10.6 Å². The molecular formula is C23H25FN4O4S. The number of halogens is 1. The van der Waals surface area contributed by atoms with Gasteiger partial charge in [0.25, 0.3) is 5.91 Å². The van der Waals surface area contributed by atoms with Crippen molar-refractivity contribution in [1.82, 2.24) is 19.7 Å². The molecular weight excluding hydrogens is 447 g/mol. The van der Waals surface area contributed by atoms with Crippen LogP contribution in [0.2, 0.25) is 0 Å². The predicted octanol–water partition coefficient (Wildman–Crippen LogP) is 3.24. The van der Waals surface area contributed by atoms with Gasteiger partial charge in [-0.3, -0.25) is 9.59 Å². The highest BCUT2D eigenvalue weighted by Gasteiger charge is 2.37. The Morgan fingerprint density at radius 2 is 1.97 bits per heavy atom. The minimum absolute atomic E-state index is 0.0375. The van der Waals surface area contributed by atoms with Gasteiger partial charge in [-0.1, -0.05) is 23.5 Å². The van der Waals surface area contributed by atoms with E-state index in [-0.39, 0.29) is 29.2 Å². The first-order valence-electron chi connectivity index (χ1n) is 10.8. The number of carbonyl (C=O) groups excluding carboxylic acids is 1. The number of fused-ring (bicyclic) bond motifs is 1. The van der Waals surface area contributed by atoms with Crippen LogP contribution in [-0.4, -0.2) is 56.5 Å². The van der Waals surface area contributed by atoms with Crippen molar-refractivity contribution in [2.24, 2.45) is 0 Å². The van der Waals surface area contributed by atoms with Crippen LogP contribution in [0.1, 0.15) is 47.9 Å². The van der Waals surface area contributed by atoms with Gasteiger partial charge in [-0.2, -0.15) is 0 Å². The van der Waals surface area contributed by atoms with Gasteiger partial charge in [0.05, 0.1) is 17.7 Å². The van der Waals surface area contributed by atoms with Crippen LogP contribution < -0.4 is 5.43 Å². The van der Waals surface area contributed by atoms with Gasteiger partial charge in [-0.05, 0) is 38.5 Å². The summed E-state index contributed by atoms with van der Waals surface area (Å²) in [5, 5.41) is 20.1. The molecule has 0 bridgehead atoms. The summed E-state index contributed by atoms with van der Waals surface area (Å²) in [6.07, 6.45) is 1.75. The Hall–Kier alpha value is -3.11. The summed E-state index contributed by atoms with van der Waals surface area (Å²) in [6, 6.07) is 5.80. The monoisotopic (exact) mass is 472 g/mol. The summed E-state index contributed by atoms with van der Waals surface area (Å²) >= 11 is 1.22. The molecule has 0 fully saturated rings. The number of hydrogen-bond donors (Lipinski definition) is 1. The first-order valence-corrected chi connectivity index (χ1v) is 11.6. The van der Waals surface area contributed by atoms with Crippen LogP contribution in [0.3, 0.4) is 0 Å². The summed E-state index contributed by atoms with van der Waals surface area (Å²) in [7, 11) is 0. The number of rotatable bonds is 7. The van der Waals surface area contributed by atoms with Crippen LogP contribution in [0.5, 0.6) is 5.75 Å². The van der Waals surface area contributed by atoms with Crippen molar-refractivity contribution in [3.8, 4) is 16.3 Å². The van der Waals surface area contributed by atoms with E-state index in [1.165, 1.54) is 23.5 Å². The number of ether oxygens (including phenoxy) is 1. The molecule has 0 aliphatic carbocycles. The van der Waals surface area contributed by atoms with Gasteiger partial charge in [0.2, 0.25) is 5.43 Å². The Bertz CT molecular complexity index is 1220. The Morgan fingerprint density at radius 1 is 1.24 bits per heavy atom. The zero-order valence-corrected chi connectivity index (χ0v) is 19.4. The molecule has 174 valence electrons. The molecule has 3 heterocycles. The van der Waals surface area contributed by atoms with Crippen molar-refractivity contribution in [1.29, 1.82) is 0 Å². The summed E-state index contributed by atoms with van der Waals surface area (Å²) in [6.45, 7) is 6.99. The van der Waals surface area contributed by atoms with Crippen molar-refractivity contribution in [3.63, 3.8) is 0 Å². The molecule has 10 heteroatoms. The van der Waals surface area contributed by atoms with E-state index in [0.29, 0.717) is 36.1 Å². The number of hydrogen-bond acceptors (Lipinski definition) is 7. The molecule has 0 radical (unpaired) electrons. The molecule has 0 saturated heterocycles. The minimum atomic E-state index is -0.667. The lowest BCUT2D eigenvalue weighted by molar-refractivity contribution is 0.0149. The number of aromatic hydroxyl groups is 1. The lowest BCUT2D eigenvalue weighted by Crippen LogP contribution is -2.47. The van der Waals surface area contributed by atoms with Crippen LogP contribution in [0.15, 0.2) is 35.3 Å². The van der Waals surface area contributed by atoms with E-state index in [1.54, 1.807) is 27.8 Å². The van der Waals surface area contributed by atoms with Gasteiger partial charge in [-0.25, -0.2) is 4.39 Å². The van der Waals surface area contributed by atoms with Crippen LogP contribution >= 0.6 is 11.3 Å². The molecule has 2 atom stereocenters. The number of aromatic nitrogens is 3. The number of amides is 1. The molecule has 1 amide bonds. The summed E-state index contributed by atoms with van der Waals surface area (Å²) in [5.74, 6) is -1.31. The molecule has 0 spiro atoms. The van der Waals surface area contributed by atoms with E-state index in [1.807, 2.05) is 20.8 Å². The molecule has 4 rings (SSSR count). The second kappa shape index (κ2) is 9.40. The fourth-order valence-electron chi connectivity index (χ4n) is 4.02. The topological polar surface area (TPSA) is 97.6 Å². The third-order valence-electron chi connectivity index (χ3n) is 5.78. The predicted molar refractivity (Wildman–Crippen MR) is 122 cm³/mol. The van der Waals surface area contributed by atoms with Gasteiger partial charge >= 0.3 is 0 Å². The maximum Gasteiger partial charge on any atom is 0.274 e. The van der Waals surface area contributed by atoms with E-state index >= 15 is 0 Å². The summed E-state index contributed by atoms with van der Waals surface area (Å²) < 4.78 is 20.6. The molecule has 8 nitrogen and oxygen atoms in total. The summed E-state index contributed by atoms with van der Waals surface area (Å²) in [5.41, 5.74) is 0.329. The lowest BCUT2D eigenvalue weighted by atomic mass is 10.0. The molecule has 0 unspecified atom stereocenters. The van der Waals surface area contributed by atoms with E-state index in [0.717, 1.165) is 5.56 Å². The average molecular weight is 473 g/mol. The molecule has 3 aromatic rings. The van der Waals surface area contributed by atoms with E-state index in [2.05, 4.69) is 10.2 Å². The largest absolute Gasteiger partial charge is 0.503 e. The highest BCUT2D eigenvalue weighted by atomic mass is 32.1. The maximum absolute atomic E-state index is 13.2. The smallest absolute Gasteiger partial charge is 0.274 e. The van der Waals surface area contributed by atoms with Crippen molar-refractivity contribution in [2.75, 3.05) is 19.7 Å². The van der Waals surface area contributed by atoms with Crippen LogP contribution in [0.4, 0.5) is 4.39 Å². The minimum Gasteiger partial charge on any atom is -0.503 e. The molecule has 0 saturated carbocycles. The Balaban J connectivity index is 1.75. The molecule has 1 aliphatic rings. The first kappa shape index (κ1) is 23.1. The second-order valence-corrected chi connectivity index (χ2v) is 8.91. The highest BCUT2D eigenvalue weighted by Crippen LogP contribution is 2.32. The number of pyridine rings is 1. The van der Waals surface area contributed by atoms with Crippen molar-refractivity contribution in [2.45, 2.75) is 39.3 Å². The van der Waals surface area contributed by atoms with E-state index in [9.17, 15) is 19.1 Å². The Labute approximate surface area is 194 Å². The van der Waals surface area contributed by atoms with Crippen LogP contribution in [0, 0.1) is 5.82 Å². The maximum atomic E-state index is 13.2. The SMILES string of the molecule is CCO[C@H](C)[C@H]1CN(CC)C(=O)c2c(O)c(=O)c(-c3nnc(Cc4ccc(F)cc4)s3)cn21. The average Bonchev–Trinajstić information content (AvgIpc) is 3.26. The number of benzene rings is 1. The van der Waals surface area contributed by atoms with Crippen LogP contribution in [-0.2, 0) is 11.2 Å². The van der Waals surface area contributed by atoms with Gasteiger partial charge in [0, 0.05) is 32.3 Å². The van der Waals surface area contributed by atoms with Gasteiger partial charge in [-0.15, -0.1) is 10.2 Å². The molecule has 1 N–H and O–H groups in total. The zero-order chi connectivity index (χ0) is 23.7. The van der Waals surface area contributed by atoms with Gasteiger partial charge in [0.1, 0.15) is 10.8 Å². The molecule has 1 aliphatic heterocycles. The van der Waals surface area contributed by atoms with Crippen molar-refractivity contribution < 1.29 is 19.0 Å². The zero-order valence-electron chi connectivity index (χ0n) is 18.6. The van der Waals surface area contributed by atoms with Crippen molar-refractivity contribution in [3.05, 3.63) is 62.8 Å². The van der Waals surface area contributed by atoms with Crippen molar-refractivity contribution >= 4 is 17.2 Å². The second-order valence-electron chi connectivity index (χ2n) is 7.85. The normalized spacial score (nSPS) is 16.7. The number of carbonyl (C=O) groups is 1. The third-order valence-corrected chi connectivity index (χ3v) is 6.74. The molecule has 1 aromatic carbocycles. The first-order chi connectivity index (χ1) is 15.8. The number of likely N-dealkylation sites (N-methyl/N-ethyl adjacent to an activating group) is 1. The fourth-order valence-corrected chi connectivity index (χ4v) is 4.90. The summed E-state index contributed by atoms with van der Waals surface area (Å²) in [4.78, 5) is 27.6. The number of nitrogens with zero attached hydrogens (tertiary/aromatic N) is 4. The van der Waals surface area contributed by atoms with Gasteiger partial charge in [0.15, 0.2) is 16.5 Å². The van der Waals surface area contributed by atoms with E-state index in [4.69, 9.17) is 4.74 Å². The van der Waals surface area contributed by atoms with Gasteiger partial charge < -0.3 is 19.3 Å². The highest BCUT2D eigenvalue weighted by molar-refractivity contribution is 7.14. The quantitative estimate of drug-likeness (QED) is 0.567. The third kappa shape index (κ3) is 4.40. The Morgan fingerprint density at radius 3 is 2.64 bits per heavy atom. The van der Waals surface area contributed by atoms with E-state index < -0.39 is 17.1 Å². The molecule has 2 aromatic heterocycles. The fraction of sp³-hybridized carbons (Fsp3) is 0.391. The molecule has 33 heavy (non-hydrogen) atoms. The Kier molecular flexibility index (Phi) is 6.57.